The molecule has 2 rings (SSSR count). The van der Waals surface area contributed by atoms with Crippen molar-refractivity contribution in [3.8, 4) is 0 Å². The van der Waals surface area contributed by atoms with E-state index in [-0.39, 0.29) is 0 Å². The molecule has 2 heterocycles. The van der Waals surface area contributed by atoms with E-state index in [4.69, 9.17) is 11.6 Å². The van der Waals surface area contributed by atoms with Crippen LogP contribution in [-0.4, -0.2) is 9.97 Å². The molecule has 0 radical (unpaired) electrons. The molecule has 2 aromatic heterocycles. The minimum Gasteiger partial charge on any atom is -0.377 e. The van der Waals surface area contributed by atoms with E-state index in [1.807, 2.05) is 25.3 Å². The van der Waals surface area contributed by atoms with Crippen LogP contribution in [0.3, 0.4) is 0 Å². The molecular formula is C11H12ClN3S. The summed E-state index contributed by atoms with van der Waals surface area (Å²) in [5.41, 5.74) is 2.96. The summed E-state index contributed by atoms with van der Waals surface area (Å²) in [6, 6.07) is 3.72. The third-order valence-corrected chi connectivity index (χ3v) is 3.33. The molecule has 0 saturated carbocycles. The maximum atomic E-state index is 5.79. The van der Waals surface area contributed by atoms with E-state index >= 15 is 0 Å². The smallest absolute Gasteiger partial charge is 0.129 e. The number of hydrogen-bond donors (Lipinski definition) is 1. The Labute approximate surface area is 104 Å². The summed E-state index contributed by atoms with van der Waals surface area (Å²) < 4.78 is 0. The topological polar surface area (TPSA) is 37.8 Å². The lowest BCUT2D eigenvalue weighted by molar-refractivity contribution is 1.06. The summed E-state index contributed by atoms with van der Waals surface area (Å²) in [5.74, 6) is 0. The molecule has 0 amide bonds. The lowest BCUT2D eigenvalue weighted by Crippen LogP contribution is -2.01. The highest BCUT2D eigenvalue weighted by molar-refractivity contribution is 7.09. The normalized spacial score (nSPS) is 10.4. The van der Waals surface area contributed by atoms with Gasteiger partial charge in [-0.25, -0.2) is 9.97 Å². The zero-order valence-corrected chi connectivity index (χ0v) is 10.7. The van der Waals surface area contributed by atoms with Crippen LogP contribution >= 0.6 is 22.9 Å². The minimum absolute atomic E-state index is 0.521. The maximum Gasteiger partial charge on any atom is 0.129 e. The Morgan fingerprint density at radius 2 is 2.12 bits per heavy atom. The maximum absolute atomic E-state index is 5.79. The number of halogens is 1. The van der Waals surface area contributed by atoms with Gasteiger partial charge in [-0.3, -0.25) is 0 Å². The van der Waals surface area contributed by atoms with Crippen molar-refractivity contribution in [2.45, 2.75) is 20.4 Å². The predicted molar refractivity (Wildman–Crippen MR) is 68.2 cm³/mol. The lowest BCUT2D eigenvalue weighted by Gasteiger charge is -2.07. The Balaban J connectivity index is 2.04. The summed E-state index contributed by atoms with van der Waals surface area (Å²) in [7, 11) is 0. The van der Waals surface area contributed by atoms with Gasteiger partial charge in [0.2, 0.25) is 0 Å². The second-order valence-electron chi connectivity index (χ2n) is 3.50. The van der Waals surface area contributed by atoms with Crippen LogP contribution in [0, 0.1) is 13.8 Å². The van der Waals surface area contributed by atoms with E-state index in [2.05, 4.69) is 15.3 Å². The first-order valence-corrected chi connectivity index (χ1v) is 6.19. The van der Waals surface area contributed by atoms with Crippen molar-refractivity contribution in [2.24, 2.45) is 0 Å². The summed E-state index contributed by atoms with van der Waals surface area (Å²) in [4.78, 5) is 8.56. The van der Waals surface area contributed by atoms with E-state index in [9.17, 15) is 0 Å². The molecule has 1 N–H and O–H groups in total. The van der Waals surface area contributed by atoms with Gasteiger partial charge in [-0.05, 0) is 26.0 Å². The molecule has 0 unspecified atom stereocenters. The van der Waals surface area contributed by atoms with Crippen molar-refractivity contribution < 1.29 is 0 Å². The number of thiazole rings is 1. The largest absolute Gasteiger partial charge is 0.377 e. The highest BCUT2D eigenvalue weighted by Gasteiger charge is 2.02. The number of anilines is 1. The van der Waals surface area contributed by atoms with Crippen LogP contribution in [0.5, 0.6) is 0 Å². The van der Waals surface area contributed by atoms with Gasteiger partial charge in [-0.1, -0.05) is 11.6 Å². The van der Waals surface area contributed by atoms with Crippen LogP contribution in [0.25, 0.3) is 0 Å². The first-order valence-electron chi connectivity index (χ1n) is 4.93. The minimum atomic E-state index is 0.521. The fraction of sp³-hybridized carbons (Fsp3) is 0.273. The van der Waals surface area contributed by atoms with Gasteiger partial charge in [-0.15, -0.1) is 11.3 Å². The number of nitrogens with zero attached hydrogens (tertiary/aromatic N) is 2. The summed E-state index contributed by atoms with van der Waals surface area (Å²) >= 11 is 7.45. The summed E-state index contributed by atoms with van der Waals surface area (Å²) in [6.07, 6.45) is 0. The molecule has 5 heteroatoms. The molecule has 0 aliphatic rings. The second-order valence-corrected chi connectivity index (χ2v) is 4.83. The molecule has 0 aliphatic heterocycles. The predicted octanol–water partition coefficient (Wildman–Crippen LogP) is 3.42. The van der Waals surface area contributed by atoms with Crippen LogP contribution in [-0.2, 0) is 6.54 Å². The lowest BCUT2D eigenvalue weighted by atomic mass is 10.3. The zero-order valence-electron chi connectivity index (χ0n) is 9.12. The van der Waals surface area contributed by atoms with E-state index in [0.717, 1.165) is 28.6 Å². The number of aryl methyl sites for hydroxylation is 2. The molecular weight excluding hydrogens is 242 g/mol. The third-order valence-electron chi connectivity index (χ3n) is 2.15. The average molecular weight is 254 g/mol. The van der Waals surface area contributed by atoms with Gasteiger partial charge in [0, 0.05) is 11.1 Å². The summed E-state index contributed by atoms with van der Waals surface area (Å²) in [6.45, 7) is 4.65. The van der Waals surface area contributed by atoms with Crippen molar-refractivity contribution in [2.75, 3.05) is 5.32 Å². The standard InChI is InChI=1S/C11H12ClN3S/c1-7-6-16-11(14-7)5-13-9-3-4-10(12)15-8(9)2/h3-4,6,13H,5H2,1-2H3. The van der Waals surface area contributed by atoms with Gasteiger partial charge >= 0.3 is 0 Å². The van der Waals surface area contributed by atoms with Crippen molar-refractivity contribution in [3.05, 3.63) is 39.1 Å². The molecule has 0 aromatic carbocycles. The molecule has 0 atom stereocenters. The van der Waals surface area contributed by atoms with Crippen LogP contribution in [0.2, 0.25) is 5.15 Å². The molecule has 0 bridgehead atoms. The van der Waals surface area contributed by atoms with Crippen molar-refractivity contribution in [3.63, 3.8) is 0 Å². The van der Waals surface area contributed by atoms with Crippen LogP contribution in [0.1, 0.15) is 16.4 Å². The second kappa shape index (κ2) is 4.80. The molecule has 2 aromatic rings. The summed E-state index contributed by atoms with van der Waals surface area (Å²) in [5, 5.41) is 6.94. The Kier molecular flexibility index (Phi) is 3.41. The number of nitrogens with one attached hydrogen (secondary N) is 1. The van der Waals surface area contributed by atoms with Crippen molar-refractivity contribution >= 4 is 28.6 Å². The molecule has 0 saturated heterocycles. The number of pyridine rings is 1. The van der Waals surface area contributed by atoms with E-state index < -0.39 is 0 Å². The zero-order chi connectivity index (χ0) is 11.5. The van der Waals surface area contributed by atoms with Gasteiger partial charge in [0.15, 0.2) is 0 Å². The Morgan fingerprint density at radius 3 is 2.75 bits per heavy atom. The highest BCUT2D eigenvalue weighted by Crippen LogP contribution is 2.17. The highest BCUT2D eigenvalue weighted by atomic mass is 35.5. The molecule has 84 valence electrons. The number of hydrogen-bond acceptors (Lipinski definition) is 4. The first kappa shape index (κ1) is 11.4. The van der Waals surface area contributed by atoms with Crippen LogP contribution < -0.4 is 5.32 Å². The average Bonchev–Trinajstić information content (AvgIpc) is 2.63. The van der Waals surface area contributed by atoms with Crippen molar-refractivity contribution in [1.29, 1.82) is 0 Å². The molecule has 3 nitrogen and oxygen atoms in total. The van der Waals surface area contributed by atoms with Crippen molar-refractivity contribution in [1.82, 2.24) is 9.97 Å². The number of rotatable bonds is 3. The van der Waals surface area contributed by atoms with E-state index in [0.29, 0.717) is 5.15 Å². The van der Waals surface area contributed by atoms with Gasteiger partial charge in [0.1, 0.15) is 10.2 Å². The van der Waals surface area contributed by atoms with E-state index in [1.165, 1.54) is 0 Å². The molecule has 0 spiro atoms. The Hall–Kier alpha value is -1.13. The quantitative estimate of drug-likeness (QED) is 0.852. The van der Waals surface area contributed by atoms with E-state index in [1.54, 1.807) is 17.4 Å². The van der Waals surface area contributed by atoms with Crippen LogP contribution in [0.4, 0.5) is 5.69 Å². The third kappa shape index (κ3) is 2.71. The molecule has 0 fully saturated rings. The first-order chi connectivity index (χ1) is 7.65. The Morgan fingerprint density at radius 1 is 1.31 bits per heavy atom. The van der Waals surface area contributed by atoms with Gasteiger partial charge in [0.25, 0.3) is 0 Å². The van der Waals surface area contributed by atoms with Gasteiger partial charge in [-0.2, -0.15) is 0 Å². The van der Waals surface area contributed by atoms with Crippen LogP contribution in [0.15, 0.2) is 17.5 Å². The monoisotopic (exact) mass is 253 g/mol. The fourth-order valence-corrected chi connectivity index (χ4v) is 2.27. The van der Waals surface area contributed by atoms with Gasteiger partial charge < -0.3 is 5.32 Å². The fourth-order valence-electron chi connectivity index (χ4n) is 1.37. The Bertz CT molecular complexity index is 496. The number of aromatic nitrogens is 2. The molecule has 0 aliphatic carbocycles. The van der Waals surface area contributed by atoms with Gasteiger partial charge in [0.05, 0.1) is 17.9 Å². The SMILES string of the molecule is Cc1csc(CNc2ccc(Cl)nc2C)n1. The molecule has 16 heavy (non-hydrogen) atoms.